The van der Waals surface area contributed by atoms with E-state index in [0.29, 0.717) is 5.92 Å². The summed E-state index contributed by atoms with van der Waals surface area (Å²) in [5.74, 6) is 0.580. The molecule has 1 aliphatic heterocycles. The summed E-state index contributed by atoms with van der Waals surface area (Å²) in [5.41, 5.74) is 11.6. The van der Waals surface area contributed by atoms with Crippen molar-refractivity contribution in [2.24, 2.45) is 17.4 Å². The molecule has 0 amide bonds. The summed E-state index contributed by atoms with van der Waals surface area (Å²) in [4.78, 5) is 0. The second-order valence-electron chi connectivity index (χ2n) is 6.00. The van der Waals surface area contributed by atoms with Gasteiger partial charge < -0.3 is 15.9 Å². The molecule has 0 aromatic heterocycles. The molecule has 96 valence electrons. The zero-order chi connectivity index (χ0) is 12.4. The van der Waals surface area contributed by atoms with Crippen LogP contribution in [-0.2, 0) is 4.43 Å². The summed E-state index contributed by atoms with van der Waals surface area (Å²) < 4.78 is 6.41. The second-order valence-corrected chi connectivity index (χ2v) is 10.2. The molecule has 0 aromatic carbocycles. The molecule has 1 aliphatic rings. The average Bonchev–Trinajstić information content (AvgIpc) is 2.15. The lowest BCUT2D eigenvalue weighted by atomic mass is 9.79. The van der Waals surface area contributed by atoms with E-state index in [9.17, 15) is 0 Å². The van der Waals surface area contributed by atoms with Gasteiger partial charge in [0.15, 0.2) is 8.32 Å². The first-order valence-electron chi connectivity index (χ1n) is 6.47. The van der Waals surface area contributed by atoms with E-state index < -0.39 is 8.32 Å². The van der Waals surface area contributed by atoms with Gasteiger partial charge in [-0.15, -0.1) is 0 Å². The Bertz CT molecular complexity index is 233. The van der Waals surface area contributed by atoms with Crippen LogP contribution in [0.25, 0.3) is 0 Å². The van der Waals surface area contributed by atoms with E-state index in [1.165, 1.54) is 12.5 Å². The minimum atomic E-state index is -1.48. The van der Waals surface area contributed by atoms with E-state index >= 15 is 0 Å². The zero-order valence-corrected chi connectivity index (χ0v) is 12.3. The molecule has 4 N–H and O–H groups in total. The normalized spacial score (nSPS) is 36.0. The van der Waals surface area contributed by atoms with Crippen LogP contribution in [0, 0.1) is 5.92 Å². The van der Waals surface area contributed by atoms with Crippen LogP contribution in [0.3, 0.4) is 0 Å². The quantitative estimate of drug-likeness (QED) is 0.744. The maximum atomic E-state index is 6.41. The predicted octanol–water partition coefficient (Wildman–Crippen LogP) is 2.07. The fourth-order valence-corrected chi connectivity index (χ4v) is 5.49. The summed E-state index contributed by atoms with van der Waals surface area (Å²) in [6.07, 6.45) is 3.49. The Kier molecular flexibility index (Phi) is 4.57. The Morgan fingerprint density at radius 3 is 2.62 bits per heavy atom. The third-order valence-electron chi connectivity index (χ3n) is 4.06. The van der Waals surface area contributed by atoms with Crippen molar-refractivity contribution in [2.75, 3.05) is 6.54 Å². The molecule has 1 rings (SSSR count). The van der Waals surface area contributed by atoms with Crippen LogP contribution < -0.4 is 11.5 Å². The van der Waals surface area contributed by atoms with Crippen LogP contribution in [-0.4, -0.2) is 26.5 Å². The van der Waals surface area contributed by atoms with E-state index in [2.05, 4.69) is 26.9 Å². The first kappa shape index (κ1) is 14.2. The highest BCUT2D eigenvalue weighted by molar-refractivity contribution is 6.71. The van der Waals surface area contributed by atoms with Gasteiger partial charge in [-0.25, -0.2) is 0 Å². The average molecular weight is 244 g/mol. The first-order chi connectivity index (χ1) is 7.32. The monoisotopic (exact) mass is 244 g/mol. The van der Waals surface area contributed by atoms with Crippen LogP contribution in [0.5, 0.6) is 0 Å². The van der Waals surface area contributed by atoms with Crippen LogP contribution in [0.2, 0.25) is 19.1 Å². The van der Waals surface area contributed by atoms with Crippen molar-refractivity contribution in [1.82, 2.24) is 0 Å². The summed E-state index contributed by atoms with van der Waals surface area (Å²) >= 11 is 0. The topological polar surface area (TPSA) is 61.3 Å². The van der Waals surface area contributed by atoms with Crippen LogP contribution >= 0.6 is 0 Å². The maximum Gasteiger partial charge on any atom is 0.187 e. The summed E-state index contributed by atoms with van der Waals surface area (Å²) in [6.45, 7) is 9.64. The van der Waals surface area contributed by atoms with Gasteiger partial charge in [-0.2, -0.15) is 0 Å². The number of hydrogen-bond donors (Lipinski definition) is 2. The summed E-state index contributed by atoms with van der Waals surface area (Å²) in [7, 11) is -1.48. The van der Waals surface area contributed by atoms with E-state index in [0.717, 1.165) is 19.4 Å². The van der Waals surface area contributed by atoms with Crippen molar-refractivity contribution in [3.05, 3.63) is 0 Å². The molecular formula is C12H28N2OSi. The molecule has 3 unspecified atom stereocenters. The van der Waals surface area contributed by atoms with Gasteiger partial charge in [0.25, 0.3) is 0 Å². The molecule has 1 saturated heterocycles. The summed E-state index contributed by atoms with van der Waals surface area (Å²) in [5, 5.41) is 0. The van der Waals surface area contributed by atoms with Crippen LogP contribution in [0.15, 0.2) is 0 Å². The molecule has 16 heavy (non-hydrogen) atoms. The van der Waals surface area contributed by atoms with Gasteiger partial charge in [0.2, 0.25) is 0 Å². The van der Waals surface area contributed by atoms with E-state index in [1.54, 1.807) is 0 Å². The molecule has 0 saturated carbocycles. The lowest BCUT2D eigenvalue weighted by Gasteiger charge is -2.50. The maximum absolute atomic E-state index is 6.41. The third kappa shape index (κ3) is 3.06. The minimum Gasteiger partial charge on any atom is -0.410 e. The highest BCUT2D eigenvalue weighted by Crippen LogP contribution is 2.41. The number of rotatable bonds is 4. The minimum absolute atomic E-state index is 0.0994. The molecule has 0 bridgehead atoms. The lowest BCUT2D eigenvalue weighted by molar-refractivity contribution is -0.0242. The molecule has 0 aliphatic carbocycles. The van der Waals surface area contributed by atoms with Crippen molar-refractivity contribution in [2.45, 2.75) is 63.9 Å². The fraction of sp³-hybridized carbons (Fsp3) is 1.00. The number of nitrogens with two attached hydrogens (primary N) is 2. The van der Waals surface area contributed by atoms with Crippen molar-refractivity contribution in [3.8, 4) is 0 Å². The highest BCUT2D eigenvalue weighted by atomic mass is 28.4. The molecule has 3 atom stereocenters. The first-order valence-corrected chi connectivity index (χ1v) is 9.59. The largest absolute Gasteiger partial charge is 0.410 e. The Labute approximate surface area is 101 Å². The SMILES string of the molecule is CC(N)C1(C)O[Si](C)(C)CCC1CCCN. The van der Waals surface area contributed by atoms with Crippen molar-refractivity contribution >= 4 is 8.32 Å². The van der Waals surface area contributed by atoms with Crippen LogP contribution in [0.1, 0.15) is 33.1 Å². The summed E-state index contributed by atoms with van der Waals surface area (Å²) in [6, 6.07) is 1.35. The standard InChI is InChI=1S/C12H28N2OSi/c1-10(14)12(2)11(6-5-8-13)7-9-16(3,4)15-12/h10-11H,5-9,13-14H2,1-4H3. The number of hydrogen-bond acceptors (Lipinski definition) is 3. The predicted molar refractivity (Wildman–Crippen MR) is 71.8 cm³/mol. The van der Waals surface area contributed by atoms with Gasteiger partial charge in [0.1, 0.15) is 0 Å². The van der Waals surface area contributed by atoms with Crippen molar-refractivity contribution in [1.29, 1.82) is 0 Å². The van der Waals surface area contributed by atoms with E-state index in [1.807, 2.05) is 0 Å². The molecule has 0 aromatic rings. The molecule has 0 radical (unpaired) electrons. The van der Waals surface area contributed by atoms with E-state index in [-0.39, 0.29) is 11.6 Å². The van der Waals surface area contributed by atoms with Gasteiger partial charge in [0.05, 0.1) is 5.60 Å². The molecule has 0 spiro atoms. The lowest BCUT2D eigenvalue weighted by Crippen LogP contribution is -2.59. The van der Waals surface area contributed by atoms with Gasteiger partial charge in [-0.3, -0.25) is 0 Å². The molecule has 1 fully saturated rings. The van der Waals surface area contributed by atoms with E-state index in [4.69, 9.17) is 15.9 Å². The van der Waals surface area contributed by atoms with Crippen LogP contribution in [0.4, 0.5) is 0 Å². The highest BCUT2D eigenvalue weighted by Gasteiger charge is 2.46. The van der Waals surface area contributed by atoms with Gasteiger partial charge in [0, 0.05) is 6.04 Å². The Balaban J connectivity index is 2.76. The molecule has 4 heteroatoms. The van der Waals surface area contributed by atoms with Gasteiger partial charge >= 0.3 is 0 Å². The smallest absolute Gasteiger partial charge is 0.187 e. The second kappa shape index (κ2) is 5.17. The van der Waals surface area contributed by atoms with Gasteiger partial charge in [-0.1, -0.05) is 0 Å². The van der Waals surface area contributed by atoms with Crippen molar-refractivity contribution < 1.29 is 4.43 Å². The Hall–Kier alpha value is 0.0969. The third-order valence-corrected chi connectivity index (χ3v) is 6.55. The Morgan fingerprint density at radius 1 is 1.50 bits per heavy atom. The zero-order valence-electron chi connectivity index (χ0n) is 11.3. The Morgan fingerprint density at radius 2 is 2.12 bits per heavy atom. The molecular weight excluding hydrogens is 216 g/mol. The fourth-order valence-electron chi connectivity index (χ4n) is 2.80. The van der Waals surface area contributed by atoms with Gasteiger partial charge in [-0.05, 0) is 64.7 Å². The van der Waals surface area contributed by atoms with Crippen molar-refractivity contribution in [3.63, 3.8) is 0 Å². The molecule has 1 heterocycles. The molecule has 3 nitrogen and oxygen atoms in total.